The van der Waals surface area contributed by atoms with E-state index in [-0.39, 0.29) is 0 Å². The minimum atomic E-state index is 0.873. The SMILES string of the molecule is CC(C)C1CCCNC1.CC(C)C1CCNC1.CC(C)C1CCNCC1.CC(C)C1CNC1. The Morgan fingerprint density at radius 3 is 1.03 bits per heavy atom. The van der Waals surface area contributed by atoms with Crippen molar-refractivity contribution < 1.29 is 0 Å². The zero-order valence-electron chi connectivity index (χ0n) is 23.8. The maximum absolute atomic E-state index is 3.42. The Balaban J connectivity index is 0.000000221. The summed E-state index contributed by atoms with van der Waals surface area (Å²) in [4.78, 5) is 0. The smallest absolute Gasteiger partial charge is 0.000580 e. The zero-order valence-corrected chi connectivity index (χ0v) is 23.8. The number of nitrogens with one attached hydrogen (secondary N) is 4. The summed E-state index contributed by atoms with van der Waals surface area (Å²) in [7, 11) is 0. The molecule has 4 nitrogen and oxygen atoms in total. The van der Waals surface area contributed by atoms with Crippen molar-refractivity contribution in [3.63, 3.8) is 0 Å². The number of piperidine rings is 2. The molecule has 4 heteroatoms. The first-order valence-corrected chi connectivity index (χ1v) is 14.5. The number of hydrogen-bond donors (Lipinski definition) is 4. The molecule has 0 amide bonds. The lowest BCUT2D eigenvalue weighted by atomic mass is 9.87. The Bertz CT molecular complexity index is 405. The van der Waals surface area contributed by atoms with Crippen LogP contribution in [0.3, 0.4) is 0 Å². The van der Waals surface area contributed by atoms with Gasteiger partial charge in [0.2, 0.25) is 0 Å². The predicted octanol–water partition coefficient (Wildman–Crippen LogP) is 5.40. The fraction of sp³-hybridized carbons (Fsp3) is 1.00. The van der Waals surface area contributed by atoms with E-state index < -0.39 is 0 Å². The summed E-state index contributed by atoms with van der Waals surface area (Å²) in [5.41, 5.74) is 0. The van der Waals surface area contributed by atoms with E-state index in [1.165, 1.54) is 84.5 Å². The second kappa shape index (κ2) is 18.2. The molecule has 4 N–H and O–H groups in total. The van der Waals surface area contributed by atoms with Crippen LogP contribution >= 0.6 is 0 Å². The molecule has 33 heavy (non-hydrogen) atoms. The Hall–Kier alpha value is -0.160. The van der Waals surface area contributed by atoms with Crippen LogP contribution in [0, 0.1) is 47.3 Å². The van der Waals surface area contributed by atoms with Gasteiger partial charge in [0.15, 0.2) is 0 Å². The molecule has 0 bridgehead atoms. The maximum atomic E-state index is 3.42. The Morgan fingerprint density at radius 1 is 0.394 bits per heavy atom. The molecule has 0 aliphatic carbocycles. The van der Waals surface area contributed by atoms with Gasteiger partial charge in [-0.25, -0.2) is 0 Å². The van der Waals surface area contributed by atoms with Crippen LogP contribution in [0.25, 0.3) is 0 Å². The largest absolute Gasteiger partial charge is 0.317 e. The van der Waals surface area contributed by atoms with E-state index in [4.69, 9.17) is 0 Å². The van der Waals surface area contributed by atoms with E-state index in [0.717, 1.165) is 47.3 Å². The molecule has 0 aromatic rings. The standard InChI is InChI=1S/2C8H17N.C7H15N.C6H13N/c1-7(2)8-3-5-9-6-4-8;1-7(2)8-4-3-5-9-6-8;1-6(2)7-3-4-8-5-7;1-5(2)6-3-7-4-6/h2*7-9H,3-6H2,1-2H3;6-8H,3-5H2,1-2H3;5-7H,3-4H2,1-2H3. The first-order valence-electron chi connectivity index (χ1n) is 14.5. The normalized spacial score (nSPS) is 26.2. The van der Waals surface area contributed by atoms with Gasteiger partial charge in [0.1, 0.15) is 0 Å². The van der Waals surface area contributed by atoms with E-state index in [1.54, 1.807) is 0 Å². The second-order valence-electron chi connectivity index (χ2n) is 12.3. The Morgan fingerprint density at radius 2 is 0.788 bits per heavy atom. The maximum Gasteiger partial charge on any atom is -0.000580 e. The highest BCUT2D eigenvalue weighted by Crippen LogP contribution is 2.20. The van der Waals surface area contributed by atoms with Crippen molar-refractivity contribution in [2.45, 2.75) is 87.5 Å². The Kier molecular flexibility index (Phi) is 17.0. The van der Waals surface area contributed by atoms with Crippen LogP contribution in [-0.2, 0) is 0 Å². The molecule has 198 valence electrons. The van der Waals surface area contributed by atoms with E-state index in [9.17, 15) is 0 Å². The molecule has 0 aromatic heterocycles. The number of rotatable bonds is 4. The fourth-order valence-corrected chi connectivity index (χ4v) is 4.99. The van der Waals surface area contributed by atoms with Crippen LogP contribution in [0.15, 0.2) is 0 Å². The first kappa shape index (κ1) is 30.9. The molecule has 4 aliphatic rings. The molecule has 0 saturated carbocycles. The highest BCUT2D eigenvalue weighted by Gasteiger charge is 2.19. The minimum Gasteiger partial charge on any atom is -0.317 e. The van der Waals surface area contributed by atoms with Crippen LogP contribution in [-0.4, -0.2) is 52.4 Å². The van der Waals surface area contributed by atoms with E-state index in [1.807, 2.05) is 0 Å². The van der Waals surface area contributed by atoms with Crippen molar-refractivity contribution in [3.8, 4) is 0 Å². The second-order valence-corrected chi connectivity index (χ2v) is 12.3. The van der Waals surface area contributed by atoms with Gasteiger partial charge in [-0.15, -0.1) is 0 Å². The summed E-state index contributed by atoms with van der Waals surface area (Å²) in [6, 6.07) is 0. The van der Waals surface area contributed by atoms with Crippen molar-refractivity contribution in [2.24, 2.45) is 47.3 Å². The third-order valence-corrected chi connectivity index (χ3v) is 8.40. The van der Waals surface area contributed by atoms with Crippen LogP contribution in [0.1, 0.15) is 87.5 Å². The highest BCUT2D eigenvalue weighted by molar-refractivity contribution is 4.76. The molecule has 0 radical (unpaired) electrons. The van der Waals surface area contributed by atoms with Gasteiger partial charge in [-0.05, 0) is 132 Å². The van der Waals surface area contributed by atoms with Crippen molar-refractivity contribution in [2.75, 3.05) is 52.4 Å². The van der Waals surface area contributed by atoms with Crippen LogP contribution in [0.4, 0.5) is 0 Å². The van der Waals surface area contributed by atoms with Gasteiger partial charge in [0, 0.05) is 0 Å². The van der Waals surface area contributed by atoms with E-state index in [2.05, 4.69) is 76.7 Å². The average Bonchev–Trinajstić information content (AvgIpc) is 3.30. The lowest BCUT2D eigenvalue weighted by Crippen LogP contribution is -2.44. The topological polar surface area (TPSA) is 48.1 Å². The summed E-state index contributed by atoms with van der Waals surface area (Å²) in [5.74, 6) is 7.40. The van der Waals surface area contributed by atoms with Gasteiger partial charge in [-0.2, -0.15) is 0 Å². The van der Waals surface area contributed by atoms with Crippen molar-refractivity contribution in [1.82, 2.24) is 21.3 Å². The molecular formula is C29H62N4. The van der Waals surface area contributed by atoms with Crippen LogP contribution in [0.2, 0.25) is 0 Å². The van der Waals surface area contributed by atoms with Gasteiger partial charge >= 0.3 is 0 Å². The van der Waals surface area contributed by atoms with Gasteiger partial charge in [0.25, 0.3) is 0 Å². The summed E-state index contributed by atoms with van der Waals surface area (Å²) < 4.78 is 0. The molecule has 2 atom stereocenters. The lowest BCUT2D eigenvalue weighted by Gasteiger charge is -2.30. The van der Waals surface area contributed by atoms with E-state index in [0.29, 0.717) is 0 Å². The molecular weight excluding hydrogens is 404 g/mol. The monoisotopic (exact) mass is 466 g/mol. The minimum absolute atomic E-state index is 0.873. The number of hydrogen-bond acceptors (Lipinski definition) is 4. The molecule has 4 saturated heterocycles. The molecule has 4 fully saturated rings. The lowest BCUT2D eigenvalue weighted by molar-refractivity contribution is 0.265. The average molecular weight is 467 g/mol. The zero-order chi connectivity index (χ0) is 24.6. The van der Waals surface area contributed by atoms with Crippen molar-refractivity contribution >= 4 is 0 Å². The predicted molar refractivity (Wildman–Crippen MR) is 148 cm³/mol. The summed E-state index contributed by atoms with van der Waals surface area (Å²) in [6.45, 7) is 28.4. The summed E-state index contributed by atoms with van der Waals surface area (Å²) >= 11 is 0. The van der Waals surface area contributed by atoms with Gasteiger partial charge < -0.3 is 21.3 Å². The Labute approximate surface area is 208 Å². The molecule has 0 spiro atoms. The van der Waals surface area contributed by atoms with Gasteiger partial charge in [0.05, 0.1) is 0 Å². The first-order chi connectivity index (χ1) is 15.7. The highest BCUT2D eigenvalue weighted by atomic mass is 14.9. The van der Waals surface area contributed by atoms with Crippen LogP contribution < -0.4 is 21.3 Å². The molecule has 2 unspecified atom stereocenters. The van der Waals surface area contributed by atoms with Crippen LogP contribution in [0.5, 0.6) is 0 Å². The summed E-state index contributed by atoms with van der Waals surface area (Å²) in [6.07, 6.45) is 6.97. The van der Waals surface area contributed by atoms with E-state index >= 15 is 0 Å². The summed E-state index contributed by atoms with van der Waals surface area (Å²) in [5, 5.41) is 13.4. The van der Waals surface area contributed by atoms with Gasteiger partial charge in [-0.1, -0.05) is 55.4 Å². The fourth-order valence-electron chi connectivity index (χ4n) is 4.99. The van der Waals surface area contributed by atoms with Gasteiger partial charge in [-0.3, -0.25) is 0 Å². The quantitative estimate of drug-likeness (QED) is 0.448. The molecule has 0 aromatic carbocycles. The third kappa shape index (κ3) is 14.1. The van der Waals surface area contributed by atoms with Crippen molar-refractivity contribution in [3.05, 3.63) is 0 Å². The molecule has 4 aliphatic heterocycles. The molecule has 4 rings (SSSR count). The third-order valence-electron chi connectivity index (χ3n) is 8.40. The molecule has 4 heterocycles. The van der Waals surface area contributed by atoms with Crippen molar-refractivity contribution in [1.29, 1.82) is 0 Å².